The molecule has 4 rings (SSSR count). The molecule has 1 N–H and O–H groups in total. The van der Waals surface area contributed by atoms with Crippen LogP contribution in [0.2, 0.25) is 5.02 Å². The lowest BCUT2D eigenvalue weighted by Crippen LogP contribution is -2.63. The minimum atomic E-state index is -0.960. The van der Waals surface area contributed by atoms with Gasteiger partial charge in [-0.1, -0.05) is 31.5 Å². The predicted octanol–water partition coefficient (Wildman–Crippen LogP) is 4.50. The zero-order chi connectivity index (χ0) is 23.2. The third-order valence-electron chi connectivity index (χ3n) is 5.83. The van der Waals surface area contributed by atoms with Crippen LogP contribution >= 0.6 is 11.6 Å². The lowest BCUT2D eigenvalue weighted by Gasteiger charge is -2.40. The highest BCUT2D eigenvalue weighted by molar-refractivity contribution is 6.30. The molecule has 0 bridgehead atoms. The van der Waals surface area contributed by atoms with Crippen molar-refractivity contribution in [1.29, 1.82) is 0 Å². The van der Waals surface area contributed by atoms with Crippen molar-refractivity contribution in [2.24, 2.45) is 5.92 Å². The van der Waals surface area contributed by atoms with Crippen LogP contribution in [0, 0.1) is 11.7 Å². The minimum Gasteiger partial charge on any atom is -0.352 e. The zero-order valence-corrected chi connectivity index (χ0v) is 19.3. The summed E-state index contributed by atoms with van der Waals surface area (Å²) < 4.78 is 16.1. The molecule has 0 unspecified atom stereocenters. The van der Waals surface area contributed by atoms with Gasteiger partial charge < -0.3 is 14.8 Å². The fraction of sp³-hybridized carbons (Fsp3) is 0.375. The van der Waals surface area contributed by atoms with Crippen LogP contribution in [0.5, 0.6) is 0 Å². The number of carbonyl (C=O) groups is 2. The van der Waals surface area contributed by atoms with Gasteiger partial charge in [-0.3, -0.25) is 9.59 Å². The van der Waals surface area contributed by atoms with Crippen LogP contribution in [0.25, 0.3) is 22.2 Å². The smallest absolute Gasteiger partial charge is 0.273 e. The maximum Gasteiger partial charge on any atom is 0.273 e. The maximum absolute atomic E-state index is 14.1. The van der Waals surface area contributed by atoms with Crippen molar-refractivity contribution < 1.29 is 14.0 Å². The molecular weight excluding hydrogens is 431 g/mol. The van der Waals surface area contributed by atoms with Gasteiger partial charge in [0.15, 0.2) is 0 Å². The quantitative estimate of drug-likeness (QED) is 0.628. The molecule has 1 aromatic carbocycles. The van der Waals surface area contributed by atoms with Crippen molar-refractivity contribution in [2.75, 3.05) is 13.1 Å². The van der Waals surface area contributed by atoms with E-state index in [1.165, 1.54) is 12.1 Å². The molecule has 3 aromatic rings. The van der Waals surface area contributed by atoms with Gasteiger partial charge in [0.05, 0.1) is 5.02 Å². The van der Waals surface area contributed by atoms with Gasteiger partial charge in [0.25, 0.3) is 5.91 Å². The van der Waals surface area contributed by atoms with Gasteiger partial charge in [0, 0.05) is 36.8 Å². The standard InChI is InChI=1S/C24H26ClFN4O2/c1-14(2)12-29-13-17(15-5-7-18(25)19(26)11-15)16-6-8-20(28-21(16)29)22(31)30-10-9-27-23(32)24(30,3)4/h5-8,11,13-14H,9-10,12H2,1-4H3,(H,27,32). The molecule has 2 aromatic heterocycles. The van der Waals surface area contributed by atoms with Crippen molar-refractivity contribution in [1.82, 2.24) is 19.8 Å². The third-order valence-corrected chi connectivity index (χ3v) is 6.14. The largest absolute Gasteiger partial charge is 0.352 e. The highest BCUT2D eigenvalue weighted by atomic mass is 35.5. The first-order chi connectivity index (χ1) is 15.1. The van der Waals surface area contributed by atoms with E-state index in [2.05, 4.69) is 19.2 Å². The molecule has 6 nitrogen and oxygen atoms in total. The number of piperazine rings is 1. The van der Waals surface area contributed by atoms with Gasteiger partial charge in [-0.15, -0.1) is 0 Å². The maximum atomic E-state index is 14.1. The molecule has 2 amide bonds. The molecule has 32 heavy (non-hydrogen) atoms. The molecule has 1 aliphatic heterocycles. The predicted molar refractivity (Wildman–Crippen MR) is 123 cm³/mol. The second-order valence-corrected chi connectivity index (χ2v) is 9.46. The first kappa shape index (κ1) is 22.3. The van der Waals surface area contributed by atoms with Crippen LogP contribution in [-0.4, -0.2) is 44.9 Å². The Morgan fingerprint density at radius 2 is 2.03 bits per heavy atom. The van der Waals surface area contributed by atoms with E-state index in [0.29, 0.717) is 36.8 Å². The Bertz CT molecular complexity index is 1220. The molecule has 3 heterocycles. The van der Waals surface area contributed by atoms with Crippen LogP contribution in [0.4, 0.5) is 4.39 Å². The molecule has 0 saturated carbocycles. The number of rotatable bonds is 4. The Labute approximate surface area is 191 Å². The van der Waals surface area contributed by atoms with E-state index in [1.54, 1.807) is 30.9 Å². The number of carbonyl (C=O) groups excluding carboxylic acids is 2. The molecule has 0 aliphatic carbocycles. The molecule has 0 radical (unpaired) electrons. The summed E-state index contributed by atoms with van der Waals surface area (Å²) in [5.41, 5.74) is 1.47. The van der Waals surface area contributed by atoms with E-state index in [0.717, 1.165) is 10.9 Å². The average molecular weight is 457 g/mol. The second-order valence-electron chi connectivity index (χ2n) is 9.06. The number of pyridine rings is 1. The number of hydrogen-bond acceptors (Lipinski definition) is 3. The number of nitrogens with zero attached hydrogens (tertiary/aromatic N) is 3. The number of fused-ring (bicyclic) bond motifs is 1. The summed E-state index contributed by atoms with van der Waals surface area (Å²) in [6, 6.07) is 8.22. The van der Waals surface area contributed by atoms with Crippen molar-refractivity contribution in [2.45, 2.75) is 39.8 Å². The Kier molecular flexibility index (Phi) is 5.71. The summed E-state index contributed by atoms with van der Waals surface area (Å²) in [6.07, 6.45) is 1.94. The monoisotopic (exact) mass is 456 g/mol. The van der Waals surface area contributed by atoms with Crippen LogP contribution in [0.1, 0.15) is 38.2 Å². The lowest BCUT2D eigenvalue weighted by molar-refractivity contribution is -0.133. The van der Waals surface area contributed by atoms with Gasteiger partial charge in [0.2, 0.25) is 5.91 Å². The number of aromatic nitrogens is 2. The Balaban J connectivity index is 1.81. The molecule has 168 valence electrons. The highest BCUT2D eigenvalue weighted by Crippen LogP contribution is 2.33. The molecule has 0 spiro atoms. The summed E-state index contributed by atoms with van der Waals surface area (Å²) >= 11 is 5.86. The van der Waals surface area contributed by atoms with Crippen molar-refractivity contribution in [3.63, 3.8) is 0 Å². The number of nitrogens with one attached hydrogen (secondary N) is 1. The molecule has 1 aliphatic rings. The summed E-state index contributed by atoms with van der Waals surface area (Å²) in [5, 5.41) is 3.69. The average Bonchev–Trinajstić information content (AvgIpc) is 3.08. The normalized spacial score (nSPS) is 16.0. The summed E-state index contributed by atoms with van der Waals surface area (Å²) in [4.78, 5) is 31.9. The summed E-state index contributed by atoms with van der Waals surface area (Å²) in [5.74, 6) is -0.623. The van der Waals surface area contributed by atoms with Crippen molar-refractivity contribution in [3.8, 4) is 11.1 Å². The van der Waals surface area contributed by atoms with Crippen LogP contribution in [-0.2, 0) is 11.3 Å². The highest BCUT2D eigenvalue weighted by Gasteiger charge is 2.41. The minimum absolute atomic E-state index is 0.0684. The molecular formula is C24H26ClFN4O2. The topological polar surface area (TPSA) is 67.2 Å². The van der Waals surface area contributed by atoms with Crippen LogP contribution in [0.3, 0.4) is 0 Å². The number of benzene rings is 1. The fourth-order valence-electron chi connectivity index (χ4n) is 4.10. The van der Waals surface area contributed by atoms with Gasteiger partial charge in [0.1, 0.15) is 22.7 Å². The molecule has 1 fully saturated rings. The third kappa shape index (κ3) is 3.86. The van der Waals surface area contributed by atoms with Gasteiger partial charge in [-0.05, 0) is 49.6 Å². The van der Waals surface area contributed by atoms with E-state index >= 15 is 0 Å². The first-order valence-corrected chi connectivity index (χ1v) is 11.0. The lowest BCUT2D eigenvalue weighted by atomic mass is 9.98. The molecule has 1 saturated heterocycles. The van der Waals surface area contributed by atoms with Crippen LogP contribution < -0.4 is 5.32 Å². The van der Waals surface area contributed by atoms with Crippen molar-refractivity contribution >= 4 is 34.4 Å². The number of amides is 2. The van der Waals surface area contributed by atoms with E-state index in [4.69, 9.17) is 16.6 Å². The second kappa shape index (κ2) is 8.20. The zero-order valence-electron chi connectivity index (χ0n) is 18.6. The summed E-state index contributed by atoms with van der Waals surface area (Å²) in [6.45, 7) is 9.16. The van der Waals surface area contributed by atoms with Crippen molar-refractivity contribution in [3.05, 3.63) is 53.1 Å². The Morgan fingerprint density at radius 1 is 1.28 bits per heavy atom. The Hall–Kier alpha value is -2.93. The number of halogens is 2. The SMILES string of the molecule is CC(C)Cn1cc(-c2ccc(Cl)c(F)c2)c2ccc(C(=O)N3CCNC(=O)C3(C)C)nc21. The summed E-state index contributed by atoms with van der Waals surface area (Å²) in [7, 11) is 0. The van der Waals surface area contributed by atoms with Crippen LogP contribution in [0.15, 0.2) is 36.5 Å². The molecule has 8 heteroatoms. The van der Waals surface area contributed by atoms with E-state index in [-0.39, 0.29) is 22.5 Å². The van der Waals surface area contributed by atoms with E-state index < -0.39 is 11.4 Å². The van der Waals surface area contributed by atoms with E-state index in [1.807, 2.05) is 16.8 Å². The van der Waals surface area contributed by atoms with Gasteiger partial charge in [-0.2, -0.15) is 0 Å². The fourth-order valence-corrected chi connectivity index (χ4v) is 4.22. The molecule has 0 atom stereocenters. The van der Waals surface area contributed by atoms with E-state index in [9.17, 15) is 14.0 Å². The number of hydrogen-bond donors (Lipinski definition) is 1. The Morgan fingerprint density at radius 3 is 2.72 bits per heavy atom. The first-order valence-electron chi connectivity index (χ1n) is 10.6. The van der Waals surface area contributed by atoms with Gasteiger partial charge in [-0.25, -0.2) is 9.37 Å². The van der Waals surface area contributed by atoms with Gasteiger partial charge >= 0.3 is 0 Å².